The molecule has 0 aliphatic carbocycles. The molecule has 3 aromatic rings. The van der Waals surface area contributed by atoms with Crippen molar-refractivity contribution in [2.24, 2.45) is 0 Å². The Labute approximate surface area is 143 Å². The standard InChI is InChI=1S/C18H17N3O2S/c1-18(2)12-8-14-15(9-13(12)21-17(22)23-18)20-16(19-14)10-4-6-11(24-3)7-5-10/h4-9H,1-3H3,(H,19,20)(H,21,22). The Morgan fingerprint density at radius 3 is 2.62 bits per heavy atom. The Morgan fingerprint density at radius 1 is 1.17 bits per heavy atom. The predicted molar refractivity (Wildman–Crippen MR) is 96.4 cm³/mol. The molecule has 1 aliphatic rings. The summed E-state index contributed by atoms with van der Waals surface area (Å²) in [5.41, 5.74) is 3.78. The number of H-pyrrole nitrogens is 1. The van der Waals surface area contributed by atoms with Crippen molar-refractivity contribution in [2.45, 2.75) is 24.3 Å². The van der Waals surface area contributed by atoms with Crippen LogP contribution in [-0.4, -0.2) is 22.3 Å². The van der Waals surface area contributed by atoms with E-state index in [1.165, 1.54) is 4.90 Å². The van der Waals surface area contributed by atoms with Gasteiger partial charge in [0, 0.05) is 16.0 Å². The first-order valence-corrected chi connectivity index (χ1v) is 8.87. The van der Waals surface area contributed by atoms with E-state index in [4.69, 9.17) is 4.74 Å². The number of anilines is 1. The molecule has 0 fully saturated rings. The highest BCUT2D eigenvalue weighted by Gasteiger charge is 2.34. The average Bonchev–Trinajstić information content (AvgIpc) is 2.95. The quantitative estimate of drug-likeness (QED) is 0.661. The molecule has 6 heteroatoms. The van der Waals surface area contributed by atoms with Gasteiger partial charge in [0.2, 0.25) is 0 Å². The number of cyclic esters (lactones) is 1. The van der Waals surface area contributed by atoms with Gasteiger partial charge >= 0.3 is 6.09 Å². The molecule has 0 bridgehead atoms. The Hall–Kier alpha value is -2.47. The number of rotatable bonds is 2. The number of nitrogens with one attached hydrogen (secondary N) is 2. The van der Waals surface area contributed by atoms with Crippen molar-refractivity contribution in [2.75, 3.05) is 11.6 Å². The van der Waals surface area contributed by atoms with Gasteiger partial charge in [-0.2, -0.15) is 0 Å². The van der Waals surface area contributed by atoms with Crippen molar-refractivity contribution in [3.63, 3.8) is 0 Å². The topological polar surface area (TPSA) is 67.0 Å². The van der Waals surface area contributed by atoms with Crippen molar-refractivity contribution in [3.8, 4) is 11.4 Å². The number of aromatic amines is 1. The number of aromatic nitrogens is 2. The van der Waals surface area contributed by atoms with Crippen LogP contribution in [0.5, 0.6) is 0 Å². The van der Waals surface area contributed by atoms with E-state index >= 15 is 0 Å². The third kappa shape index (κ3) is 2.43. The van der Waals surface area contributed by atoms with Crippen LogP contribution >= 0.6 is 11.8 Å². The molecule has 24 heavy (non-hydrogen) atoms. The number of nitrogens with zero attached hydrogens (tertiary/aromatic N) is 1. The fraction of sp³-hybridized carbons (Fsp3) is 0.222. The van der Waals surface area contributed by atoms with Crippen LogP contribution in [-0.2, 0) is 10.3 Å². The van der Waals surface area contributed by atoms with Gasteiger partial charge in [-0.3, -0.25) is 5.32 Å². The molecule has 1 aromatic heterocycles. The molecule has 0 atom stereocenters. The number of amides is 1. The van der Waals surface area contributed by atoms with E-state index in [1.807, 2.05) is 26.0 Å². The van der Waals surface area contributed by atoms with E-state index in [0.29, 0.717) is 0 Å². The minimum atomic E-state index is -0.670. The molecular formula is C18H17N3O2S. The first kappa shape index (κ1) is 15.1. The zero-order valence-electron chi connectivity index (χ0n) is 13.6. The number of fused-ring (bicyclic) bond motifs is 2. The Kier molecular flexibility index (Phi) is 3.31. The molecule has 122 valence electrons. The number of thioether (sulfide) groups is 1. The number of carbonyl (C=O) groups excluding carboxylic acids is 1. The maximum atomic E-state index is 11.7. The van der Waals surface area contributed by atoms with Gasteiger partial charge in [-0.05, 0) is 44.4 Å². The number of hydrogen-bond acceptors (Lipinski definition) is 4. The van der Waals surface area contributed by atoms with Crippen molar-refractivity contribution >= 4 is 34.6 Å². The molecule has 0 saturated heterocycles. The van der Waals surface area contributed by atoms with Gasteiger partial charge in [0.05, 0.1) is 16.7 Å². The summed E-state index contributed by atoms with van der Waals surface area (Å²) in [7, 11) is 0. The summed E-state index contributed by atoms with van der Waals surface area (Å²) in [5.74, 6) is 0.810. The summed E-state index contributed by atoms with van der Waals surface area (Å²) in [6, 6.07) is 12.2. The van der Waals surface area contributed by atoms with Crippen LogP contribution in [0.3, 0.4) is 0 Å². The van der Waals surface area contributed by atoms with Crippen LogP contribution in [0.1, 0.15) is 19.4 Å². The van der Waals surface area contributed by atoms with Crippen LogP contribution in [0, 0.1) is 0 Å². The highest BCUT2D eigenvalue weighted by atomic mass is 32.2. The molecule has 0 spiro atoms. The van der Waals surface area contributed by atoms with E-state index < -0.39 is 11.7 Å². The van der Waals surface area contributed by atoms with Crippen LogP contribution in [0.15, 0.2) is 41.3 Å². The number of ether oxygens (including phenoxy) is 1. The van der Waals surface area contributed by atoms with Crippen molar-refractivity contribution in [3.05, 3.63) is 42.0 Å². The molecule has 0 unspecified atom stereocenters. The molecule has 2 N–H and O–H groups in total. The summed E-state index contributed by atoms with van der Waals surface area (Å²) in [4.78, 5) is 20.9. The number of benzene rings is 2. The summed E-state index contributed by atoms with van der Waals surface area (Å²) >= 11 is 1.71. The first-order valence-electron chi connectivity index (χ1n) is 7.65. The van der Waals surface area contributed by atoms with Gasteiger partial charge in [-0.15, -0.1) is 11.8 Å². The highest BCUT2D eigenvalue weighted by molar-refractivity contribution is 7.98. The molecule has 1 amide bonds. The zero-order chi connectivity index (χ0) is 16.9. The second-order valence-electron chi connectivity index (χ2n) is 6.25. The molecule has 5 nitrogen and oxygen atoms in total. The molecule has 2 heterocycles. The third-order valence-electron chi connectivity index (χ3n) is 4.22. The van der Waals surface area contributed by atoms with Crippen LogP contribution in [0.2, 0.25) is 0 Å². The predicted octanol–water partition coefficient (Wildman–Crippen LogP) is 4.75. The van der Waals surface area contributed by atoms with Gasteiger partial charge in [0.1, 0.15) is 11.4 Å². The number of imidazole rings is 1. The van der Waals surface area contributed by atoms with Crippen LogP contribution in [0.4, 0.5) is 10.5 Å². The Bertz CT molecular complexity index is 945. The number of carbonyl (C=O) groups is 1. The van der Waals surface area contributed by atoms with Gasteiger partial charge in [-0.25, -0.2) is 9.78 Å². The average molecular weight is 339 g/mol. The minimum Gasteiger partial charge on any atom is -0.438 e. The monoisotopic (exact) mass is 339 g/mol. The van der Waals surface area contributed by atoms with Crippen molar-refractivity contribution in [1.82, 2.24) is 9.97 Å². The van der Waals surface area contributed by atoms with E-state index in [2.05, 4.69) is 45.8 Å². The SMILES string of the molecule is CSc1ccc(-c2nc3cc4c(cc3[nH]2)C(C)(C)OC(=O)N4)cc1. The van der Waals surface area contributed by atoms with Gasteiger partial charge in [-0.1, -0.05) is 12.1 Å². The third-order valence-corrected chi connectivity index (χ3v) is 4.96. The highest BCUT2D eigenvalue weighted by Crippen LogP contribution is 2.38. The summed E-state index contributed by atoms with van der Waals surface area (Å²) in [6.45, 7) is 3.77. The normalized spacial score (nSPS) is 15.7. The fourth-order valence-corrected chi connectivity index (χ4v) is 3.37. The summed E-state index contributed by atoms with van der Waals surface area (Å²) in [5, 5.41) is 2.75. The Balaban J connectivity index is 1.82. The second kappa shape index (κ2) is 5.27. The molecule has 0 saturated carbocycles. The smallest absolute Gasteiger partial charge is 0.412 e. The van der Waals surface area contributed by atoms with E-state index in [1.54, 1.807) is 11.8 Å². The van der Waals surface area contributed by atoms with Crippen molar-refractivity contribution in [1.29, 1.82) is 0 Å². The summed E-state index contributed by atoms with van der Waals surface area (Å²) < 4.78 is 5.38. The van der Waals surface area contributed by atoms with E-state index in [0.717, 1.165) is 33.7 Å². The lowest BCUT2D eigenvalue weighted by Gasteiger charge is -2.32. The zero-order valence-corrected chi connectivity index (χ0v) is 14.5. The number of hydrogen-bond donors (Lipinski definition) is 2. The molecule has 4 rings (SSSR count). The van der Waals surface area contributed by atoms with Crippen LogP contribution < -0.4 is 5.32 Å². The lowest BCUT2D eigenvalue weighted by atomic mass is 9.94. The summed E-state index contributed by atoms with van der Waals surface area (Å²) in [6.07, 6.45) is 1.62. The lowest BCUT2D eigenvalue weighted by molar-refractivity contribution is 0.0421. The van der Waals surface area contributed by atoms with Gasteiger partial charge < -0.3 is 9.72 Å². The van der Waals surface area contributed by atoms with Gasteiger partial charge in [0.15, 0.2) is 0 Å². The molecule has 0 radical (unpaired) electrons. The van der Waals surface area contributed by atoms with Crippen LogP contribution in [0.25, 0.3) is 22.4 Å². The molecular weight excluding hydrogens is 322 g/mol. The van der Waals surface area contributed by atoms with E-state index in [-0.39, 0.29) is 0 Å². The largest absolute Gasteiger partial charge is 0.438 e. The van der Waals surface area contributed by atoms with Gasteiger partial charge in [0.25, 0.3) is 0 Å². The molecule has 1 aliphatic heterocycles. The first-order chi connectivity index (χ1) is 11.5. The van der Waals surface area contributed by atoms with Crippen molar-refractivity contribution < 1.29 is 9.53 Å². The maximum absolute atomic E-state index is 11.7. The lowest BCUT2D eigenvalue weighted by Crippen LogP contribution is -2.34. The minimum absolute atomic E-state index is 0.435. The van der Waals surface area contributed by atoms with E-state index in [9.17, 15) is 4.79 Å². The molecule has 2 aromatic carbocycles. The second-order valence-corrected chi connectivity index (χ2v) is 7.13. The fourth-order valence-electron chi connectivity index (χ4n) is 2.97. The maximum Gasteiger partial charge on any atom is 0.412 e. The Morgan fingerprint density at radius 2 is 1.92 bits per heavy atom.